The zero-order chi connectivity index (χ0) is 19.4. The summed E-state index contributed by atoms with van der Waals surface area (Å²) in [6, 6.07) is 12.9. The van der Waals surface area contributed by atoms with E-state index in [-0.39, 0.29) is 24.2 Å². The molecule has 0 N–H and O–H groups in total. The lowest BCUT2D eigenvalue weighted by atomic mass is 10.1. The van der Waals surface area contributed by atoms with Crippen molar-refractivity contribution in [3.05, 3.63) is 42.5 Å². The molecule has 2 aromatic rings. The predicted molar refractivity (Wildman–Crippen MR) is 100 cm³/mol. The number of sulfone groups is 1. The largest absolute Gasteiger partial charge is 0.482 e. The average Bonchev–Trinajstić information content (AvgIpc) is 3.03. The molecule has 8 heteroatoms. The quantitative estimate of drug-likeness (QED) is 0.692. The maximum atomic E-state index is 12.1. The number of fused-ring (bicyclic) bond motifs is 1. The van der Waals surface area contributed by atoms with E-state index in [1.165, 1.54) is 11.9 Å². The standard InChI is InChI=1S/C19H21NO6S/c1-20(16-8-9-27(23,24)13-16)18(21)11-26-19(22)12-25-17-7-6-14-4-2-3-5-15(14)10-17/h2-7,10,16H,8-9,11-13H2,1H3. The number of hydrogen-bond acceptors (Lipinski definition) is 6. The highest BCUT2D eigenvalue weighted by atomic mass is 32.2. The third-order valence-corrected chi connectivity index (χ3v) is 6.33. The van der Waals surface area contributed by atoms with Gasteiger partial charge in [-0.1, -0.05) is 30.3 Å². The molecule has 1 saturated heterocycles. The first-order valence-electron chi connectivity index (χ1n) is 8.57. The van der Waals surface area contributed by atoms with Crippen molar-refractivity contribution in [3.63, 3.8) is 0 Å². The molecule has 1 atom stereocenters. The molecule has 0 spiro atoms. The highest BCUT2D eigenvalue weighted by Crippen LogP contribution is 2.20. The first-order chi connectivity index (χ1) is 12.8. The van der Waals surface area contributed by atoms with Gasteiger partial charge in [-0.05, 0) is 29.3 Å². The SMILES string of the molecule is CN(C(=O)COC(=O)COc1ccc2ccccc2c1)C1CCS(=O)(=O)C1. The summed E-state index contributed by atoms with van der Waals surface area (Å²) in [6.07, 6.45) is 0.406. The van der Waals surface area contributed by atoms with Crippen LogP contribution in [0.2, 0.25) is 0 Å². The number of benzene rings is 2. The second-order valence-electron chi connectivity index (χ2n) is 6.52. The molecule has 2 aromatic carbocycles. The molecule has 0 saturated carbocycles. The second-order valence-corrected chi connectivity index (χ2v) is 8.75. The van der Waals surface area contributed by atoms with Crippen LogP contribution in [-0.2, 0) is 24.2 Å². The second kappa shape index (κ2) is 7.96. The van der Waals surface area contributed by atoms with Gasteiger partial charge in [0.25, 0.3) is 5.91 Å². The van der Waals surface area contributed by atoms with Gasteiger partial charge >= 0.3 is 5.97 Å². The molecule has 0 aromatic heterocycles. The Balaban J connectivity index is 1.45. The van der Waals surface area contributed by atoms with Gasteiger partial charge < -0.3 is 14.4 Å². The molecule has 0 aliphatic carbocycles. The summed E-state index contributed by atoms with van der Waals surface area (Å²) in [7, 11) is -1.56. The van der Waals surface area contributed by atoms with Crippen LogP contribution in [0, 0.1) is 0 Å². The zero-order valence-electron chi connectivity index (χ0n) is 15.0. The lowest BCUT2D eigenvalue weighted by Crippen LogP contribution is -2.40. The lowest BCUT2D eigenvalue weighted by Gasteiger charge is -2.23. The van der Waals surface area contributed by atoms with Crippen LogP contribution in [0.1, 0.15) is 6.42 Å². The molecule has 144 valence electrons. The third kappa shape index (κ3) is 4.97. The van der Waals surface area contributed by atoms with E-state index in [1.54, 1.807) is 6.07 Å². The molecule has 1 aliphatic heterocycles. The fourth-order valence-corrected chi connectivity index (χ4v) is 4.74. The molecular formula is C19H21NO6S. The van der Waals surface area contributed by atoms with E-state index in [9.17, 15) is 18.0 Å². The molecule has 0 radical (unpaired) electrons. The van der Waals surface area contributed by atoms with Gasteiger partial charge in [0.1, 0.15) is 5.75 Å². The first-order valence-corrected chi connectivity index (χ1v) is 10.4. The molecular weight excluding hydrogens is 370 g/mol. The Bertz CT molecular complexity index is 956. The number of esters is 1. The molecule has 0 bridgehead atoms. The smallest absolute Gasteiger partial charge is 0.344 e. The molecule has 3 rings (SSSR count). The molecule has 1 unspecified atom stereocenters. The minimum atomic E-state index is -3.08. The van der Waals surface area contributed by atoms with Crippen molar-refractivity contribution in [2.75, 3.05) is 31.8 Å². The van der Waals surface area contributed by atoms with Crippen LogP contribution in [0.5, 0.6) is 5.75 Å². The third-order valence-electron chi connectivity index (χ3n) is 4.58. The summed E-state index contributed by atoms with van der Waals surface area (Å²) in [5, 5.41) is 2.06. The zero-order valence-corrected chi connectivity index (χ0v) is 15.8. The first kappa shape index (κ1) is 19.2. The molecule has 1 aliphatic rings. The minimum absolute atomic E-state index is 0.0474. The van der Waals surface area contributed by atoms with Gasteiger partial charge in [0.2, 0.25) is 0 Å². The predicted octanol–water partition coefficient (Wildman–Crippen LogP) is 1.41. The van der Waals surface area contributed by atoms with Gasteiger partial charge in [-0.2, -0.15) is 0 Å². The Hall–Kier alpha value is -2.61. The van der Waals surface area contributed by atoms with Gasteiger partial charge in [-0.3, -0.25) is 4.79 Å². The molecule has 1 amide bonds. The average molecular weight is 391 g/mol. The van der Waals surface area contributed by atoms with E-state index >= 15 is 0 Å². The number of rotatable bonds is 6. The number of amides is 1. The number of hydrogen-bond donors (Lipinski definition) is 0. The van der Waals surface area contributed by atoms with E-state index in [4.69, 9.17) is 9.47 Å². The number of ether oxygens (including phenoxy) is 2. The topological polar surface area (TPSA) is 90.0 Å². The van der Waals surface area contributed by atoms with E-state index in [1.807, 2.05) is 36.4 Å². The maximum absolute atomic E-state index is 12.1. The Morgan fingerprint density at radius 3 is 2.56 bits per heavy atom. The molecule has 1 heterocycles. The van der Waals surface area contributed by atoms with Crippen molar-refractivity contribution < 1.29 is 27.5 Å². The molecule has 7 nitrogen and oxygen atoms in total. The summed E-state index contributed by atoms with van der Waals surface area (Å²) in [5.41, 5.74) is 0. The van der Waals surface area contributed by atoms with E-state index in [0.717, 1.165) is 10.8 Å². The lowest BCUT2D eigenvalue weighted by molar-refractivity contribution is -0.153. The normalized spacial score (nSPS) is 18.2. The van der Waals surface area contributed by atoms with Crippen molar-refractivity contribution in [2.24, 2.45) is 0 Å². The summed E-state index contributed by atoms with van der Waals surface area (Å²) in [5.74, 6) is -0.534. The van der Waals surface area contributed by atoms with E-state index < -0.39 is 28.3 Å². The molecule has 1 fully saturated rings. The number of likely N-dealkylation sites (N-methyl/N-ethyl adjacent to an activating group) is 1. The van der Waals surface area contributed by atoms with Crippen molar-refractivity contribution in [1.29, 1.82) is 0 Å². The Morgan fingerprint density at radius 1 is 1.11 bits per heavy atom. The summed E-state index contributed by atoms with van der Waals surface area (Å²) < 4.78 is 33.3. The molecule has 27 heavy (non-hydrogen) atoms. The van der Waals surface area contributed by atoms with Gasteiger partial charge in [-0.15, -0.1) is 0 Å². The summed E-state index contributed by atoms with van der Waals surface area (Å²) >= 11 is 0. The van der Waals surface area contributed by atoms with Crippen molar-refractivity contribution in [1.82, 2.24) is 4.90 Å². The van der Waals surface area contributed by atoms with E-state index in [2.05, 4.69) is 0 Å². The van der Waals surface area contributed by atoms with Gasteiger partial charge in [0.15, 0.2) is 23.1 Å². The highest BCUT2D eigenvalue weighted by molar-refractivity contribution is 7.91. The Kier molecular flexibility index (Phi) is 5.65. The Morgan fingerprint density at radius 2 is 1.85 bits per heavy atom. The fraction of sp³-hybridized carbons (Fsp3) is 0.368. The Labute approximate surface area is 157 Å². The van der Waals surface area contributed by atoms with Crippen molar-refractivity contribution in [3.8, 4) is 5.75 Å². The highest BCUT2D eigenvalue weighted by Gasteiger charge is 2.32. The van der Waals surface area contributed by atoms with Crippen LogP contribution in [-0.4, -0.2) is 63.0 Å². The number of nitrogens with zero attached hydrogens (tertiary/aromatic N) is 1. The number of carbonyl (C=O) groups is 2. The van der Waals surface area contributed by atoms with Gasteiger partial charge in [0, 0.05) is 13.1 Å². The van der Waals surface area contributed by atoms with Crippen LogP contribution >= 0.6 is 0 Å². The van der Waals surface area contributed by atoms with Crippen LogP contribution in [0.4, 0.5) is 0 Å². The van der Waals surface area contributed by atoms with Gasteiger partial charge in [-0.25, -0.2) is 13.2 Å². The minimum Gasteiger partial charge on any atom is -0.482 e. The van der Waals surface area contributed by atoms with Crippen LogP contribution in [0.15, 0.2) is 42.5 Å². The number of carbonyl (C=O) groups excluding carboxylic acids is 2. The van der Waals surface area contributed by atoms with Crippen molar-refractivity contribution in [2.45, 2.75) is 12.5 Å². The van der Waals surface area contributed by atoms with E-state index in [0.29, 0.717) is 12.2 Å². The van der Waals surface area contributed by atoms with Crippen molar-refractivity contribution >= 4 is 32.5 Å². The fourth-order valence-electron chi connectivity index (χ4n) is 2.97. The van der Waals surface area contributed by atoms with Gasteiger partial charge in [0.05, 0.1) is 11.5 Å². The van der Waals surface area contributed by atoms with Crippen LogP contribution in [0.25, 0.3) is 10.8 Å². The summed E-state index contributed by atoms with van der Waals surface area (Å²) in [4.78, 5) is 25.2. The summed E-state index contributed by atoms with van der Waals surface area (Å²) in [6.45, 7) is -0.750. The monoisotopic (exact) mass is 391 g/mol. The maximum Gasteiger partial charge on any atom is 0.344 e. The van der Waals surface area contributed by atoms with Crippen LogP contribution in [0.3, 0.4) is 0 Å². The van der Waals surface area contributed by atoms with Crippen LogP contribution < -0.4 is 4.74 Å².